The molecular formula is C14H8Br2N2O3. The molecule has 7 heteroatoms. The van der Waals surface area contributed by atoms with Crippen molar-refractivity contribution >= 4 is 60.6 Å². The first-order valence-corrected chi connectivity index (χ1v) is 7.48. The lowest BCUT2D eigenvalue weighted by atomic mass is 10.2. The number of nitrogens with zero attached hydrogens (tertiary/aromatic N) is 1. The number of halogens is 2. The van der Waals surface area contributed by atoms with Crippen LogP contribution in [0.15, 0.2) is 49.8 Å². The van der Waals surface area contributed by atoms with Crippen molar-refractivity contribution in [1.29, 1.82) is 0 Å². The Morgan fingerprint density at radius 2 is 1.90 bits per heavy atom. The zero-order chi connectivity index (χ0) is 15.0. The van der Waals surface area contributed by atoms with E-state index in [9.17, 15) is 4.79 Å². The molecule has 3 rings (SSSR count). The number of carboxylic acid groups (broad SMARTS) is 1. The highest BCUT2D eigenvalue weighted by Crippen LogP contribution is 2.33. The van der Waals surface area contributed by atoms with Gasteiger partial charge in [-0.05, 0) is 62.2 Å². The lowest BCUT2D eigenvalue weighted by molar-refractivity contribution is 0.0697. The van der Waals surface area contributed by atoms with Gasteiger partial charge in [0.15, 0.2) is 5.58 Å². The first-order chi connectivity index (χ1) is 10.0. The van der Waals surface area contributed by atoms with Gasteiger partial charge in [0.05, 0.1) is 11.3 Å². The van der Waals surface area contributed by atoms with E-state index >= 15 is 0 Å². The summed E-state index contributed by atoms with van der Waals surface area (Å²) in [6.07, 6.45) is 0. The van der Waals surface area contributed by atoms with E-state index < -0.39 is 5.97 Å². The smallest absolute Gasteiger partial charge is 0.335 e. The summed E-state index contributed by atoms with van der Waals surface area (Å²) in [5.74, 6) is -1.00. The molecule has 0 amide bonds. The van der Waals surface area contributed by atoms with E-state index in [2.05, 4.69) is 42.2 Å². The van der Waals surface area contributed by atoms with E-state index in [1.54, 1.807) is 6.07 Å². The quantitative estimate of drug-likeness (QED) is 0.647. The molecule has 0 unspecified atom stereocenters. The molecule has 0 aliphatic carbocycles. The van der Waals surface area contributed by atoms with Crippen LogP contribution in [0, 0.1) is 0 Å². The van der Waals surface area contributed by atoms with E-state index in [-0.39, 0.29) is 5.56 Å². The Morgan fingerprint density at radius 3 is 2.57 bits per heavy atom. The van der Waals surface area contributed by atoms with Gasteiger partial charge in [-0.15, -0.1) is 0 Å². The van der Waals surface area contributed by atoms with Crippen LogP contribution < -0.4 is 5.32 Å². The van der Waals surface area contributed by atoms with E-state index in [1.165, 1.54) is 12.1 Å². The lowest BCUT2D eigenvalue weighted by Crippen LogP contribution is -1.94. The fourth-order valence-electron chi connectivity index (χ4n) is 1.84. The summed E-state index contributed by atoms with van der Waals surface area (Å²) < 4.78 is 7.25. The number of hydrogen-bond donors (Lipinski definition) is 2. The van der Waals surface area contributed by atoms with Gasteiger partial charge < -0.3 is 14.8 Å². The summed E-state index contributed by atoms with van der Waals surface area (Å²) in [5, 5.41) is 12.0. The summed E-state index contributed by atoms with van der Waals surface area (Å²) in [6.45, 7) is 0. The SMILES string of the molecule is O=C(O)c1ccc2nc(Nc3c(Br)cccc3Br)oc2c1. The third kappa shape index (κ3) is 2.79. The van der Waals surface area contributed by atoms with E-state index in [0.717, 1.165) is 14.6 Å². The van der Waals surface area contributed by atoms with Gasteiger partial charge in [0, 0.05) is 8.95 Å². The van der Waals surface area contributed by atoms with Crippen LogP contribution in [0.4, 0.5) is 11.7 Å². The van der Waals surface area contributed by atoms with Gasteiger partial charge in [-0.3, -0.25) is 0 Å². The molecule has 0 fully saturated rings. The molecule has 0 aliphatic rings. The van der Waals surface area contributed by atoms with Gasteiger partial charge in [-0.1, -0.05) is 6.07 Å². The molecule has 0 bridgehead atoms. The topological polar surface area (TPSA) is 75.4 Å². The Labute approximate surface area is 136 Å². The average Bonchev–Trinajstić information content (AvgIpc) is 2.84. The summed E-state index contributed by atoms with van der Waals surface area (Å²) in [6, 6.07) is 10.5. The number of rotatable bonds is 3. The molecular weight excluding hydrogens is 404 g/mol. The zero-order valence-corrected chi connectivity index (χ0v) is 13.6. The van der Waals surface area contributed by atoms with E-state index in [4.69, 9.17) is 9.52 Å². The molecule has 1 aromatic heterocycles. The second-order valence-corrected chi connectivity index (χ2v) is 5.94. The molecule has 0 spiro atoms. The molecule has 106 valence electrons. The first kappa shape index (κ1) is 14.1. The van der Waals surface area contributed by atoms with Crippen molar-refractivity contribution in [2.24, 2.45) is 0 Å². The van der Waals surface area contributed by atoms with Gasteiger partial charge in [-0.25, -0.2) is 4.79 Å². The molecule has 3 aromatic rings. The Bertz CT molecular complexity index is 825. The summed E-state index contributed by atoms with van der Waals surface area (Å²) in [4.78, 5) is 15.2. The number of oxazole rings is 1. The third-order valence-corrected chi connectivity index (χ3v) is 4.15. The van der Waals surface area contributed by atoms with E-state index in [1.807, 2.05) is 18.2 Å². The normalized spacial score (nSPS) is 10.8. The molecule has 5 nitrogen and oxygen atoms in total. The number of hydrogen-bond acceptors (Lipinski definition) is 4. The lowest BCUT2D eigenvalue weighted by Gasteiger charge is -2.06. The number of aromatic carboxylic acids is 1. The first-order valence-electron chi connectivity index (χ1n) is 5.89. The average molecular weight is 412 g/mol. The summed E-state index contributed by atoms with van der Waals surface area (Å²) in [5.41, 5.74) is 1.95. The van der Waals surface area contributed by atoms with Gasteiger partial charge >= 0.3 is 5.97 Å². The maximum absolute atomic E-state index is 10.9. The number of fused-ring (bicyclic) bond motifs is 1. The molecule has 21 heavy (non-hydrogen) atoms. The minimum atomic E-state index is -1.00. The number of para-hydroxylation sites is 1. The standard InChI is InChI=1S/C14H8Br2N2O3/c15-8-2-1-3-9(16)12(8)18-14-17-10-5-4-7(13(19)20)6-11(10)21-14/h1-6H,(H,17,18)(H,19,20). The molecule has 0 aliphatic heterocycles. The molecule has 0 atom stereocenters. The van der Waals surface area contributed by atoms with Crippen LogP contribution in [-0.4, -0.2) is 16.1 Å². The minimum Gasteiger partial charge on any atom is -0.478 e. The van der Waals surface area contributed by atoms with Crippen LogP contribution in [0.5, 0.6) is 0 Å². The van der Waals surface area contributed by atoms with Crippen molar-refractivity contribution in [3.8, 4) is 0 Å². The Kier molecular flexibility index (Phi) is 3.69. The number of aromatic nitrogens is 1. The molecule has 0 radical (unpaired) electrons. The third-order valence-electron chi connectivity index (χ3n) is 2.83. The largest absolute Gasteiger partial charge is 0.478 e. The van der Waals surface area contributed by atoms with Crippen molar-refractivity contribution in [1.82, 2.24) is 4.98 Å². The zero-order valence-electron chi connectivity index (χ0n) is 10.4. The van der Waals surface area contributed by atoms with Crippen LogP contribution in [0.1, 0.15) is 10.4 Å². The minimum absolute atomic E-state index is 0.160. The number of carbonyl (C=O) groups is 1. The van der Waals surface area contributed by atoms with Crippen LogP contribution in [0.2, 0.25) is 0 Å². The number of carboxylic acids is 1. The predicted molar refractivity (Wildman–Crippen MR) is 86.1 cm³/mol. The van der Waals surface area contributed by atoms with Crippen LogP contribution >= 0.6 is 31.9 Å². The molecule has 2 aromatic carbocycles. The van der Waals surface area contributed by atoms with Crippen molar-refractivity contribution in [3.05, 3.63) is 50.9 Å². The fourth-order valence-corrected chi connectivity index (χ4v) is 3.03. The van der Waals surface area contributed by atoms with Gasteiger partial charge in [0.2, 0.25) is 0 Å². The second kappa shape index (κ2) is 5.50. The molecule has 0 saturated heterocycles. The molecule has 1 heterocycles. The Morgan fingerprint density at radius 1 is 1.19 bits per heavy atom. The monoisotopic (exact) mass is 410 g/mol. The van der Waals surface area contributed by atoms with Gasteiger partial charge in [0.1, 0.15) is 5.52 Å². The Hall–Kier alpha value is -1.86. The molecule has 0 saturated carbocycles. The maximum Gasteiger partial charge on any atom is 0.335 e. The highest BCUT2D eigenvalue weighted by atomic mass is 79.9. The highest BCUT2D eigenvalue weighted by molar-refractivity contribution is 9.11. The van der Waals surface area contributed by atoms with Crippen LogP contribution in [-0.2, 0) is 0 Å². The summed E-state index contributed by atoms with van der Waals surface area (Å²) in [7, 11) is 0. The van der Waals surface area contributed by atoms with Crippen molar-refractivity contribution in [2.75, 3.05) is 5.32 Å². The highest BCUT2D eigenvalue weighted by Gasteiger charge is 2.12. The van der Waals surface area contributed by atoms with Crippen molar-refractivity contribution in [3.63, 3.8) is 0 Å². The number of benzene rings is 2. The predicted octanol–water partition coefficient (Wildman–Crippen LogP) is 4.79. The fraction of sp³-hybridized carbons (Fsp3) is 0. The second-order valence-electron chi connectivity index (χ2n) is 4.23. The van der Waals surface area contributed by atoms with Crippen molar-refractivity contribution in [2.45, 2.75) is 0 Å². The van der Waals surface area contributed by atoms with Crippen LogP contribution in [0.25, 0.3) is 11.1 Å². The number of nitrogens with one attached hydrogen (secondary N) is 1. The Balaban J connectivity index is 2.00. The van der Waals surface area contributed by atoms with Crippen LogP contribution in [0.3, 0.4) is 0 Å². The van der Waals surface area contributed by atoms with E-state index in [0.29, 0.717) is 17.1 Å². The van der Waals surface area contributed by atoms with Gasteiger partial charge in [-0.2, -0.15) is 4.98 Å². The number of anilines is 2. The molecule has 2 N–H and O–H groups in total. The maximum atomic E-state index is 10.9. The van der Waals surface area contributed by atoms with Crippen molar-refractivity contribution < 1.29 is 14.3 Å². The van der Waals surface area contributed by atoms with Gasteiger partial charge in [0.25, 0.3) is 6.01 Å². The summed E-state index contributed by atoms with van der Waals surface area (Å²) >= 11 is 6.88.